The fourth-order valence-electron chi connectivity index (χ4n) is 1.92. The molecule has 0 bridgehead atoms. The molecule has 0 aliphatic heterocycles. The first-order valence-corrected chi connectivity index (χ1v) is 6.96. The lowest BCUT2D eigenvalue weighted by molar-refractivity contribution is 0.508. The van der Waals surface area contributed by atoms with Crippen LogP contribution in [-0.4, -0.2) is 4.98 Å². The van der Waals surface area contributed by atoms with Crippen LogP contribution in [0.2, 0.25) is 0 Å². The summed E-state index contributed by atoms with van der Waals surface area (Å²) in [4.78, 5) is 15.9. The van der Waals surface area contributed by atoms with E-state index in [1.807, 2.05) is 12.1 Å². The van der Waals surface area contributed by atoms with Gasteiger partial charge in [-0.3, -0.25) is 0 Å². The molecule has 0 N–H and O–H groups in total. The molecule has 0 fully saturated rings. The van der Waals surface area contributed by atoms with E-state index in [1.165, 1.54) is 12.1 Å². The van der Waals surface area contributed by atoms with Crippen molar-refractivity contribution in [3.8, 4) is 22.7 Å². The summed E-state index contributed by atoms with van der Waals surface area (Å²) in [5.74, 6) is -0.273. The minimum atomic E-state index is -0.568. The molecule has 104 valence electrons. The van der Waals surface area contributed by atoms with E-state index in [2.05, 4.69) is 20.9 Å². The first-order valence-electron chi connectivity index (χ1n) is 6.16. The monoisotopic (exact) mass is 345 g/mol. The van der Waals surface area contributed by atoms with E-state index in [4.69, 9.17) is 4.42 Å². The lowest BCUT2D eigenvalue weighted by atomic mass is 10.1. The van der Waals surface area contributed by atoms with Gasteiger partial charge in [-0.05, 0) is 36.4 Å². The molecule has 0 saturated heterocycles. The van der Waals surface area contributed by atoms with Gasteiger partial charge >= 0.3 is 5.63 Å². The number of nitrogens with zero attached hydrogens (tertiary/aromatic N) is 1. The van der Waals surface area contributed by atoms with E-state index in [-0.39, 0.29) is 17.1 Å². The highest BCUT2D eigenvalue weighted by Crippen LogP contribution is 2.24. The van der Waals surface area contributed by atoms with Gasteiger partial charge in [0.1, 0.15) is 5.82 Å². The van der Waals surface area contributed by atoms with Crippen molar-refractivity contribution in [3.05, 3.63) is 75.3 Å². The molecule has 0 unspecified atom stereocenters. The summed E-state index contributed by atoms with van der Waals surface area (Å²) in [6.45, 7) is 0. The molecule has 0 aliphatic rings. The summed E-state index contributed by atoms with van der Waals surface area (Å²) in [7, 11) is 0. The zero-order valence-electron chi connectivity index (χ0n) is 10.7. The Balaban J connectivity index is 2.15. The van der Waals surface area contributed by atoms with Crippen molar-refractivity contribution in [2.75, 3.05) is 0 Å². The molecule has 5 heteroatoms. The molecule has 1 heterocycles. The summed E-state index contributed by atoms with van der Waals surface area (Å²) in [6.07, 6.45) is 0. The van der Waals surface area contributed by atoms with Crippen LogP contribution in [0, 0.1) is 5.82 Å². The number of hydrogen-bond donors (Lipinski definition) is 0. The van der Waals surface area contributed by atoms with Gasteiger partial charge in [0.05, 0.1) is 11.8 Å². The van der Waals surface area contributed by atoms with Gasteiger partial charge in [0, 0.05) is 15.6 Å². The lowest BCUT2D eigenvalue weighted by Crippen LogP contribution is -2.02. The Morgan fingerprint density at radius 2 is 1.76 bits per heavy atom. The molecular weight excluding hydrogens is 337 g/mol. The van der Waals surface area contributed by atoms with E-state index in [1.54, 1.807) is 30.3 Å². The van der Waals surface area contributed by atoms with Crippen molar-refractivity contribution in [2.24, 2.45) is 0 Å². The Morgan fingerprint density at radius 3 is 2.48 bits per heavy atom. The number of benzene rings is 2. The van der Waals surface area contributed by atoms with Gasteiger partial charge in [0.15, 0.2) is 0 Å². The summed E-state index contributed by atoms with van der Waals surface area (Å²) in [5, 5.41) is 0. The molecular formula is C16H9BrFNO2. The van der Waals surface area contributed by atoms with Gasteiger partial charge in [0.25, 0.3) is 0 Å². The van der Waals surface area contributed by atoms with Gasteiger partial charge in [-0.1, -0.05) is 28.1 Å². The summed E-state index contributed by atoms with van der Waals surface area (Å²) in [5.41, 5.74) is 0.598. The Kier molecular flexibility index (Phi) is 3.66. The Hall–Kier alpha value is -2.27. The quantitative estimate of drug-likeness (QED) is 0.696. The highest BCUT2D eigenvalue weighted by molar-refractivity contribution is 9.10. The van der Waals surface area contributed by atoms with E-state index in [9.17, 15) is 9.18 Å². The molecule has 3 nitrogen and oxygen atoms in total. The smallest absolute Gasteiger partial charge is 0.339 e. The van der Waals surface area contributed by atoms with E-state index >= 15 is 0 Å². The normalized spacial score (nSPS) is 10.6. The Morgan fingerprint density at radius 1 is 1.05 bits per heavy atom. The van der Waals surface area contributed by atoms with Crippen LogP contribution in [-0.2, 0) is 0 Å². The summed E-state index contributed by atoms with van der Waals surface area (Å²) < 4.78 is 19.8. The number of rotatable bonds is 2. The average Bonchev–Trinajstić information content (AvgIpc) is 2.48. The molecule has 0 radical (unpaired) electrons. The second-order valence-electron chi connectivity index (χ2n) is 4.35. The third-order valence-corrected chi connectivity index (χ3v) is 3.44. The fraction of sp³-hybridized carbons (Fsp3) is 0. The van der Waals surface area contributed by atoms with Crippen molar-refractivity contribution in [3.63, 3.8) is 0 Å². The van der Waals surface area contributed by atoms with Crippen LogP contribution >= 0.6 is 15.9 Å². The van der Waals surface area contributed by atoms with Gasteiger partial charge in [-0.15, -0.1) is 0 Å². The van der Waals surface area contributed by atoms with Crippen LogP contribution in [0.25, 0.3) is 22.7 Å². The zero-order valence-corrected chi connectivity index (χ0v) is 12.3. The summed E-state index contributed by atoms with van der Waals surface area (Å²) in [6, 6.07) is 14.5. The van der Waals surface area contributed by atoms with Crippen molar-refractivity contribution in [1.29, 1.82) is 0 Å². The molecule has 1 aromatic heterocycles. The largest absolute Gasteiger partial charge is 0.404 e. The predicted molar refractivity (Wildman–Crippen MR) is 81.3 cm³/mol. The van der Waals surface area contributed by atoms with Crippen LogP contribution in [0.5, 0.6) is 0 Å². The van der Waals surface area contributed by atoms with Gasteiger partial charge in [-0.25, -0.2) is 14.2 Å². The fourth-order valence-corrected chi connectivity index (χ4v) is 2.19. The van der Waals surface area contributed by atoms with E-state index < -0.39 is 11.4 Å². The van der Waals surface area contributed by atoms with Gasteiger partial charge in [-0.2, -0.15) is 0 Å². The molecule has 21 heavy (non-hydrogen) atoms. The number of aromatic nitrogens is 1. The van der Waals surface area contributed by atoms with Crippen LogP contribution in [0.1, 0.15) is 0 Å². The maximum absolute atomic E-state index is 13.8. The van der Waals surface area contributed by atoms with Gasteiger partial charge < -0.3 is 4.42 Å². The SMILES string of the molecule is O=c1cc(-c2ccccc2F)nc(-c2ccc(Br)cc2)o1. The first kappa shape index (κ1) is 13.7. The standard InChI is InChI=1S/C16H9BrFNO2/c17-11-7-5-10(6-8-11)16-19-14(9-15(20)21-16)12-3-1-2-4-13(12)18/h1-9H. The van der Waals surface area contributed by atoms with E-state index in [0.717, 1.165) is 4.47 Å². The van der Waals surface area contributed by atoms with Crippen LogP contribution < -0.4 is 5.63 Å². The van der Waals surface area contributed by atoms with Crippen molar-refractivity contribution >= 4 is 15.9 Å². The third kappa shape index (κ3) is 2.92. The van der Waals surface area contributed by atoms with Crippen LogP contribution in [0.4, 0.5) is 4.39 Å². The Labute approximate surface area is 128 Å². The van der Waals surface area contributed by atoms with E-state index in [0.29, 0.717) is 5.56 Å². The minimum absolute atomic E-state index is 0.160. The maximum Gasteiger partial charge on any atom is 0.339 e. The molecule has 0 aliphatic carbocycles. The number of halogens is 2. The molecule has 0 spiro atoms. The summed E-state index contributed by atoms with van der Waals surface area (Å²) >= 11 is 3.33. The zero-order chi connectivity index (χ0) is 14.8. The second-order valence-corrected chi connectivity index (χ2v) is 5.27. The molecule has 3 aromatic rings. The number of hydrogen-bond acceptors (Lipinski definition) is 3. The highest BCUT2D eigenvalue weighted by atomic mass is 79.9. The van der Waals surface area contributed by atoms with Crippen molar-refractivity contribution in [2.45, 2.75) is 0 Å². The molecule has 0 atom stereocenters. The minimum Gasteiger partial charge on any atom is -0.404 e. The topological polar surface area (TPSA) is 43.1 Å². The average molecular weight is 346 g/mol. The molecule has 3 rings (SSSR count). The molecule has 2 aromatic carbocycles. The maximum atomic E-state index is 13.8. The Bertz CT molecular complexity index is 843. The van der Waals surface area contributed by atoms with Crippen LogP contribution in [0.3, 0.4) is 0 Å². The van der Waals surface area contributed by atoms with Crippen molar-refractivity contribution < 1.29 is 8.81 Å². The predicted octanol–water partition coefficient (Wildman–Crippen LogP) is 4.27. The molecule has 0 amide bonds. The van der Waals surface area contributed by atoms with Crippen LogP contribution in [0.15, 0.2) is 68.3 Å². The lowest BCUT2D eigenvalue weighted by Gasteiger charge is -2.04. The second kappa shape index (κ2) is 5.61. The third-order valence-electron chi connectivity index (χ3n) is 2.91. The highest BCUT2D eigenvalue weighted by Gasteiger charge is 2.11. The first-order chi connectivity index (χ1) is 10.1. The van der Waals surface area contributed by atoms with Gasteiger partial charge in [0.2, 0.25) is 5.89 Å². The molecule has 0 saturated carbocycles. The van der Waals surface area contributed by atoms with Crippen molar-refractivity contribution in [1.82, 2.24) is 4.98 Å².